The predicted octanol–water partition coefficient (Wildman–Crippen LogP) is 5.02. The number of benzene rings is 3. The van der Waals surface area contributed by atoms with Gasteiger partial charge in [-0.3, -0.25) is 9.59 Å². The Morgan fingerprint density at radius 3 is 2.06 bits per heavy atom. The highest BCUT2D eigenvalue weighted by molar-refractivity contribution is 6.11. The normalized spacial score (nSPS) is 14.1. The van der Waals surface area contributed by atoms with Gasteiger partial charge in [-0.15, -0.1) is 0 Å². The fourth-order valence-electron chi connectivity index (χ4n) is 4.38. The van der Waals surface area contributed by atoms with Crippen molar-refractivity contribution in [3.05, 3.63) is 94.9 Å². The summed E-state index contributed by atoms with van der Waals surface area (Å²) in [5.74, 6) is -0.349. The molecule has 33 heavy (non-hydrogen) atoms. The summed E-state index contributed by atoms with van der Waals surface area (Å²) in [5, 5.41) is 8.40. The van der Waals surface area contributed by atoms with Crippen molar-refractivity contribution in [1.29, 1.82) is 0 Å². The minimum absolute atomic E-state index is 0.214. The molecular formula is C27H26N4O2. The molecule has 4 aromatic rings. The average molecular weight is 439 g/mol. The molecule has 1 aromatic heterocycles. The van der Waals surface area contributed by atoms with E-state index in [1.807, 2.05) is 36.4 Å². The molecular weight excluding hydrogens is 412 g/mol. The minimum atomic E-state index is -0.349. The Kier molecular flexibility index (Phi) is 5.89. The number of carbonyl (C=O) groups is 1. The third-order valence-electron chi connectivity index (χ3n) is 6.12. The van der Waals surface area contributed by atoms with Crippen LogP contribution in [0.5, 0.6) is 0 Å². The van der Waals surface area contributed by atoms with Crippen LogP contribution >= 0.6 is 0 Å². The van der Waals surface area contributed by atoms with E-state index in [1.54, 1.807) is 30.3 Å². The van der Waals surface area contributed by atoms with Gasteiger partial charge in [0.2, 0.25) is 0 Å². The molecule has 1 aliphatic heterocycles. The van der Waals surface area contributed by atoms with Crippen molar-refractivity contribution in [3.8, 4) is 5.69 Å². The standard InChI is InChI=1S/C27H26N4O2/c32-26(28-20-14-16-21(17-15-20)30-18-8-1-2-9-19-30)25-23-12-6-7-13-24(23)27(33)31(29-25)22-10-4-3-5-11-22/h3-7,10-17H,1-2,8-9,18-19H2,(H,28,32). The van der Waals surface area contributed by atoms with Gasteiger partial charge >= 0.3 is 0 Å². The van der Waals surface area contributed by atoms with E-state index < -0.39 is 0 Å². The second kappa shape index (κ2) is 9.28. The van der Waals surface area contributed by atoms with Crippen LogP contribution in [0.1, 0.15) is 36.2 Å². The third-order valence-corrected chi connectivity index (χ3v) is 6.12. The lowest BCUT2D eigenvalue weighted by Gasteiger charge is -2.22. The maximum Gasteiger partial charge on any atom is 0.279 e. The highest BCUT2D eigenvalue weighted by atomic mass is 16.2. The molecule has 1 aliphatic rings. The highest BCUT2D eigenvalue weighted by Crippen LogP contribution is 2.23. The fourth-order valence-corrected chi connectivity index (χ4v) is 4.38. The molecule has 1 amide bonds. The lowest BCUT2D eigenvalue weighted by molar-refractivity contribution is 0.102. The number of fused-ring (bicyclic) bond motifs is 1. The van der Waals surface area contributed by atoms with Crippen LogP contribution in [-0.2, 0) is 0 Å². The van der Waals surface area contributed by atoms with Gasteiger partial charge in [-0.1, -0.05) is 49.2 Å². The Bertz CT molecular complexity index is 1320. The summed E-state index contributed by atoms with van der Waals surface area (Å²) < 4.78 is 1.29. The third kappa shape index (κ3) is 4.37. The van der Waals surface area contributed by atoms with Crippen molar-refractivity contribution >= 4 is 28.1 Å². The SMILES string of the molecule is O=C(Nc1ccc(N2CCCCCC2)cc1)c1nn(-c2ccccc2)c(=O)c2ccccc12. The van der Waals surface area contributed by atoms with E-state index >= 15 is 0 Å². The maximum atomic E-state index is 13.3. The molecule has 1 fully saturated rings. The zero-order valence-electron chi connectivity index (χ0n) is 18.4. The van der Waals surface area contributed by atoms with E-state index in [2.05, 4.69) is 27.4 Å². The number of para-hydroxylation sites is 1. The molecule has 6 nitrogen and oxygen atoms in total. The second-order valence-corrected chi connectivity index (χ2v) is 8.35. The molecule has 0 saturated carbocycles. The molecule has 0 radical (unpaired) electrons. The van der Waals surface area contributed by atoms with E-state index in [-0.39, 0.29) is 17.2 Å². The van der Waals surface area contributed by atoms with Crippen LogP contribution < -0.4 is 15.8 Å². The smallest absolute Gasteiger partial charge is 0.279 e. The molecule has 5 rings (SSSR count). The van der Waals surface area contributed by atoms with Crippen LogP contribution in [0.15, 0.2) is 83.7 Å². The summed E-state index contributed by atoms with van der Waals surface area (Å²) in [6, 6.07) is 24.2. The summed E-state index contributed by atoms with van der Waals surface area (Å²) in [6.45, 7) is 2.14. The first-order valence-corrected chi connectivity index (χ1v) is 11.4. The predicted molar refractivity (Wildman–Crippen MR) is 132 cm³/mol. The molecule has 0 atom stereocenters. The van der Waals surface area contributed by atoms with Crippen LogP contribution in [0.2, 0.25) is 0 Å². The summed E-state index contributed by atoms with van der Waals surface area (Å²) in [5.41, 5.74) is 2.45. The monoisotopic (exact) mass is 438 g/mol. The number of hydrogen-bond acceptors (Lipinski definition) is 4. The quantitative estimate of drug-likeness (QED) is 0.486. The number of carbonyl (C=O) groups excluding carboxylic acids is 1. The van der Waals surface area contributed by atoms with Crippen molar-refractivity contribution in [2.24, 2.45) is 0 Å². The second-order valence-electron chi connectivity index (χ2n) is 8.35. The molecule has 2 heterocycles. The molecule has 0 bridgehead atoms. The maximum absolute atomic E-state index is 13.3. The number of anilines is 2. The Balaban J connectivity index is 1.46. The number of rotatable bonds is 4. The molecule has 1 N–H and O–H groups in total. The number of nitrogens with zero attached hydrogens (tertiary/aromatic N) is 3. The minimum Gasteiger partial charge on any atom is -0.372 e. The largest absolute Gasteiger partial charge is 0.372 e. The van der Waals surface area contributed by atoms with Crippen LogP contribution in [0, 0.1) is 0 Å². The number of nitrogens with one attached hydrogen (secondary N) is 1. The van der Waals surface area contributed by atoms with Gasteiger partial charge in [0.05, 0.1) is 11.1 Å². The van der Waals surface area contributed by atoms with Gasteiger partial charge in [-0.25, -0.2) is 0 Å². The molecule has 0 spiro atoms. The number of hydrogen-bond donors (Lipinski definition) is 1. The molecule has 1 saturated heterocycles. The first kappa shape index (κ1) is 20.9. The van der Waals surface area contributed by atoms with Gasteiger partial charge < -0.3 is 10.2 Å². The fraction of sp³-hybridized carbons (Fsp3) is 0.222. The van der Waals surface area contributed by atoms with Gasteiger partial charge in [0, 0.05) is 29.9 Å². The molecule has 0 aliphatic carbocycles. The van der Waals surface area contributed by atoms with Crippen molar-refractivity contribution in [3.63, 3.8) is 0 Å². The van der Waals surface area contributed by atoms with E-state index in [9.17, 15) is 9.59 Å². The molecule has 3 aromatic carbocycles. The summed E-state index contributed by atoms with van der Waals surface area (Å²) >= 11 is 0. The first-order chi connectivity index (χ1) is 16.2. The van der Waals surface area contributed by atoms with E-state index in [1.165, 1.54) is 36.1 Å². The van der Waals surface area contributed by atoms with E-state index in [0.29, 0.717) is 22.1 Å². The lowest BCUT2D eigenvalue weighted by Crippen LogP contribution is -2.26. The average Bonchev–Trinajstić information content (AvgIpc) is 3.15. The van der Waals surface area contributed by atoms with Crippen LogP contribution in [0.4, 0.5) is 11.4 Å². The molecule has 166 valence electrons. The first-order valence-electron chi connectivity index (χ1n) is 11.4. The number of amides is 1. The summed E-state index contributed by atoms with van der Waals surface area (Å²) in [6.07, 6.45) is 5.01. The van der Waals surface area contributed by atoms with Gasteiger partial charge in [-0.2, -0.15) is 9.78 Å². The van der Waals surface area contributed by atoms with Crippen LogP contribution in [-0.4, -0.2) is 28.8 Å². The topological polar surface area (TPSA) is 67.2 Å². The van der Waals surface area contributed by atoms with Crippen molar-refractivity contribution in [2.75, 3.05) is 23.3 Å². The Morgan fingerprint density at radius 1 is 0.727 bits per heavy atom. The summed E-state index contributed by atoms with van der Waals surface area (Å²) in [7, 11) is 0. The molecule has 6 heteroatoms. The zero-order valence-corrected chi connectivity index (χ0v) is 18.4. The van der Waals surface area contributed by atoms with Crippen molar-refractivity contribution < 1.29 is 4.79 Å². The zero-order chi connectivity index (χ0) is 22.6. The number of aromatic nitrogens is 2. The Labute approximate surface area is 192 Å². The molecule has 0 unspecified atom stereocenters. The van der Waals surface area contributed by atoms with Crippen molar-refractivity contribution in [1.82, 2.24) is 9.78 Å². The van der Waals surface area contributed by atoms with Gasteiger partial charge in [0.25, 0.3) is 11.5 Å². The lowest BCUT2D eigenvalue weighted by atomic mass is 10.1. The van der Waals surface area contributed by atoms with Gasteiger partial charge in [0.1, 0.15) is 0 Å². The van der Waals surface area contributed by atoms with Gasteiger partial charge in [0.15, 0.2) is 5.69 Å². The van der Waals surface area contributed by atoms with Crippen LogP contribution in [0.25, 0.3) is 16.5 Å². The van der Waals surface area contributed by atoms with Crippen LogP contribution in [0.3, 0.4) is 0 Å². The van der Waals surface area contributed by atoms with E-state index in [4.69, 9.17) is 0 Å². The van der Waals surface area contributed by atoms with Gasteiger partial charge in [-0.05, 0) is 55.3 Å². The van der Waals surface area contributed by atoms with Crippen molar-refractivity contribution in [2.45, 2.75) is 25.7 Å². The highest BCUT2D eigenvalue weighted by Gasteiger charge is 2.18. The Morgan fingerprint density at radius 2 is 1.36 bits per heavy atom. The Hall–Kier alpha value is -3.93. The summed E-state index contributed by atoms with van der Waals surface area (Å²) in [4.78, 5) is 28.7. The van der Waals surface area contributed by atoms with E-state index in [0.717, 1.165) is 13.1 Å².